The maximum absolute atomic E-state index is 13.3. The van der Waals surface area contributed by atoms with Crippen molar-refractivity contribution in [2.75, 3.05) is 20.3 Å². The van der Waals surface area contributed by atoms with Gasteiger partial charge in [-0.1, -0.05) is 32.9 Å². The maximum Gasteiger partial charge on any atom is 0.273 e. The van der Waals surface area contributed by atoms with Gasteiger partial charge >= 0.3 is 0 Å². The van der Waals surface area contributed by atoms with Crippen LogP contribution in [0.1, 0.15) is 54.8 Å². The Hall–Kier alpha value is -3.28. The zero-order valence-corrected chi connectivity index (χ0v) is 18.5. The van der Waals surface area contributed by atoms with Crippen molar-refractivity contribution >= 4 is 5.91 Å². The van der Waals surface area contributed by atoms with Crippen molar-refractivity contribution in [3.8, 4) is 22.8 Å². The van der Waals surface area contributed by atoms with Crippen molar-refractivity contribution < 1.29 is 14.3 Å². The molecular weight excluding hydrogens is 390 g/mol. The fourth-order valence-corrected chi connectivity index (χ4v) is 4.06. The molecule has 0 saturated carbocycles. The average Bonchev–Trinajstić information content (AvgIpc) is 3.32. The second-order valence-corrected chi connectivity index (χ2v) is 8.26. The van der Waals surface area contributed by atoms with Gasteiger partial charge in [-0.05, 0) is 54.3 Å². The largest absolute Gasteiger partial charge is 0.497 e. The summed E-state index contributed by atoms with van der Waals surface area (Å²) < 4.78 is 11.0. The van der Waals surface area contributed by atoms with Gasteiger partial charge < -0.3 is 14.4 Å². The Morgan fingerprint density at radius 2 is 1.74 bits per heavy atom. The number of hydrogen-bond donors (Lipinski definition) is 1. The molecule has 0 saturated heterocycles. The van der Waals surface area contributed by atoms with E-state index < -0.39 is 0 Å². The first-order chi connectivity index (χ1) is 15.0. The van der Waals surface area contributed by atoms with Gasteiger partial charge in [-0.2, -0.15) is 5.10 Å². The predicted octanol–water partition coefficient (Wildman–Crippen LogP) is 5.08. The van der Waals surface area contributed by atoms with Crippen LogP contribution in [0, 0.1) is 5.92 Å². The highest BCUT2D eigenvalue weighted by atomic mass is 16.5. The average molecular weight is 420 g/mol. The zero-order chi connectivity index (χ0) is 22.0. The number of benzene rings is 2. The van der Waals surface area contributed by atoms with Crippen LogP contribution in [-0.4, -0.2) is 41.3 Å². The monoisotopic (exact) mass is 419 g/mol. The maximum atomic E-state index is 13.3. The Labute approximate surface area is 183 Å². The highest BCUT2D eigenvalue weighted by molar-refractivity contribution is 6.00. The van der Waals surface area contributed by atoms with E-state index in [0.717, 1.165) is 40.3 Å². The molecule has 1 N–H and O–H groups in total. The van der Waals surface area contributed by atoms with Gasteiger partial charge in [0.2, 0.25) is 0 Å². The third-order valence-electron chi connectivity index (χ3n) is 5.46. The molecule has 1 aliphatic rings. The lowest BCUT2D eigenvalue weighted by Crippen LogP contribution is -2.32. The van der Waals surface area contributed by atoms with Gasteiger partial charge in [0.05, 0.1) is 25.5 Å². The molecule has 31 heavy (non-hydrogen) atoms. The lowest BCUT2D eigenvalue weighted by atomic mass is 9.95. The molecule has 1 atom stereocenters. The molecule has 6 nitrogen and oxygen atoms in total. The van der Waals surface area contributed by atoms with E-state index in [-0.39, 0.29) is 11.9 Å². The van der Waals surface area contributed by atoms with Crippen LogP contribution in [0.4, 0.5) is 0 Å². The first kappa shape index (κ1) is 21.0. The molecule has 3 aromatic rings. The SMILES string of the molecule is CCCOc1ccc(C2c3c(-c4ccc(OC)cc4)n[nH]c3C(=O)N2CC(C)C)cc1. The summed E-state index contributed by atoms with van der Waals surface area (Å²) in [5.41, 5.74) is 4.30. The minimum Gasteiger partial charge on any atom is -0.497 e. The van der Waals surface area contributed by atoms with Crippen LogP contribution in [0.2, 0.25) is 0 Å². The summed E-state index contributed by atoms with van der Waals surface area (Å²) in [6.45, 7) is 7.70. The van der Waals surface area contributed by atoms with Gasteiger partial charge in [0, 0.05) is 17.7 Å². The molecule has 0 aliphatic carbocycles. The van der Waals surface area contributed by atoms with E-state index in [1.807, 2.05) is 41.3 Å². The highest BCUT2D eigenvalue weighted by Gasteiger charge is 2.42. The molecule has 2 aromatic carbocycles. The second-order valence-electron chi connectivity index (χ2n) is 8.26. The first-order valence-corrected chi connectivity index (χ1v) is 10.8. The van der Waals surface area contributed by atoms with E-state index in [1.54, 1.807) is 7.11 Å². The molecule has 0 fully saturated rings. The van der Waals surface area contributed by atoms with Crippen molar-refractivity contribution in [3.05, 3.63) is 65.4 Å². The van der Waals surface area contributed by atoms with E-state index in [9.17, 15) is 4.79 Å². The first-order valence-electron chi connectivity index (χ1n) is 10.8. The summed E-state index contributed by atoms with van der Waals surface area (Å²) in [7, 11) is 1.65. The van der Waals surface area contributed by atoms with Crippen LogP contribution in [0.15, 0.2) is 48.5 Å². The van der Waals surface area contributed by atoms with Crippen molar-refractivity contribution in [1.29, 1.82) is 0 Å². The number of H-pyrrole nitrogens is 1. The topological polar surface area (TPSA) is 67.5 Å². The number of methoxy groups -OCH3 is 1. The van der Waals surface area contributed by atoms with Crippen molar-refractivity contribution in [2.45, 2.75) is 33.2 Å². The Bertz CT molecular complexity index is 1040. The molecule has 0 radical (unpaired) electrons. The Kier molecular flexibility index (Phi) is 5.98. The van der Waals surface area contributed by atoms with E-state index in [2.05, 4.69) is 43.1 Å². The van der Waals surface area contributed by atoms with Crippen LogP contribution in [-0.2, 0) is 0 Å². The highest BCUT2D eigenvalue weighted by Crippen LogP contribution is 2.43. The molecule has 2 heterocycles. The summed E-state index contributed by atoms with van der Waals surface area (Å²) in [5, 5.41) is 7.53. The molecule has 1 unspecified atom stereocenters. The lowest BCUT2D eigenvalue weighted by molar-refractivity contribution is 0.0722. The quantitative estimate of drug-likeness (QED) is 0.553. The summed E-state index contributed by atoms with van der Waals surface area (Å²) in [6, 6.07) is 15.6. The number of ether oxygens (including phenoxy) is 2. The number of fused-ring (bicyclic) bond motifs is 1. The van der Waals surface area contributed by atoms with Crippen LogP contribution in [0.3, 0.4) is 0 Å². The summed E-state index contributed by atoms with van der Waals surface area (Å²) in [4.78, 5) is 15.2. The molecule has 162 valence electrons. The molecular formula is C25H29N3O3. The minimum atomic E-state index is -0.194. The number of nitrogens with zero attached hydrogens (tertiary/aromatic N) is 2. The molecule has 4 rings (SSSR count). The summed E-state index contributed by atoms with van der Waals surface area (Å²) >= 11 is 0. The van der Waals surface area contributed by atoms with Crippen molar-refractivity contribution in [2.24, 2.45) is 5.92 Å². The Morgan fingerprint density at radius 1 is 1.06 bits per heavy atom. The lowest BCUT2D eigenvalue weighted by Gasteiger charge is -2.28. The van der Waals surface area contributed by atoms with Crippen molar-refractivity contribution in [3.63, 3.8) is 0 Å². The molecule has 1 aromatic heterocycles. The van der Waals surface area contributed by atoms with Crippen LogP contribution < -0.4 is 9.47 Å². The van der Waals surface area contributed by atoms with Crippen LogP contribution in [0.25, 0.3) is 11.3 Å². The van der Waals surface area contributed by atoms with Crippen molar-refractivity contribution in [1.82, 2.24) is 15.1 Å². The fourth-order valence-electron chi connectivity index (χ4n) is 4.06. The van der Waals surface area contributed by atoms with Crippen LogP contribution >= 0.6 is 0 Å². The number of aromatic amines is 1. The van der Waals surface area contributed by atoms with Gasteiger partial charge in [-0.3, -0.25) is 9.89 Å². The minimum absolute atomic E-state index is 0.00716. The molecule has 0 spiro atoms. The van der Waals surface area contributed by atoms with E-state index in [1.165, 1.54) is 0 Å². The molecule has 0 bridgehead atoms. The third-order valence-corrected chi connectivity index (χ3v) is 5.46. The zero-order valence-electron chi connectivity index (χ0n) is 18.5. The number of hydrogen-bond acceptors (Lipinski definition) is 4. The predicted molar refractivity (Wildman–Crippen MR) is 121 cm³/mol. The number of nitrogens with one attached hydrogen (secondary N) is 1. The number of carbonyl (C=O) groups is 1. The van der Waals surface area contributed by atoms with Gasteiger partial charge in [0.25, 0.3) is 5.91 Å². The Morgan fingerprint density at radius 3 is 2.35 bits per heavy atom. The van der Waals surface area contributed by atoms with E-state index >= 15 is 0 Å². The number of carbonyl (C=O) groups excluding carboxylic acids is 1. The second kappa shape index (κ2) is 8.84. The Balaban J connectivity index is 1.77. The van der Waals surface area contributed by atoms with E-state index in [0.29, 0.717) is 24.8 Å². The molecule has 1 aliphatic heterocycles. The van der Waals surface area contributed by atoms with Gasteiger partial charge in [0.15, 0.2) is 0 Å². The normalized spacial score (nSPS) is 15.5. The number of aromatic nitrogens is 2. The fraction of sp³-hybridized carbons (Fsp3) is 0.360. The van der Waals surface area contributed by atoms with Gasteiger partial charge in [-0.25, -0.2) is 0 Å². The third kappa shape index (κ3) is 4.02. The smallest absolute Gasteiger partial charge is 0.273 e. The molecule has 6 heteroatoms. The number of rotatable bonds is 8. The van der Waals surface area contributed by atoms with Gasteiger partial charge in [-0.15, -0.1) is 0 Å². The van der Waals surface area contributed by atoms with Crippen LogP contribution in [0.5, 0.6) is 11.5 Å². The molecule has 1 amide bonds. The van der Waals surface area contributed by atoms with E-state index in [4.69, 9.17) is 9.47 Å². The number of amides is 1. The summed E-state index contributed by atoms with van der Waals surface area (Å²) in [6.07, 6.45) is 0.963. The standard InChI is InChI=1S/C25H29N3O3/c1-5-14-31-20-12-8-18(9-13-20)24-21-22(17-6-10-19(30-4)11-7-17)26-27-23(21)25(29)28(24)15-16(2)3/h6-13,16,24H,5,14-15H2,1-4H3,(H,26,27). The summed E-state index contributed by atoms with van der Waals surface area (Å²) in [5.74, 6) is 1.97. The van der Waals surface area contributed by atoms with Gasteiger partial charge in [0.1, 0.15) is 17.2 Å².